The Labute approximate surface area is 165 Å². The van der Waals surface area contributed by atoms with Crippen LogP contribution in [-0.2, 0) is 18.3 Å². The van der Waals surface area contributed by atoms with Crippen molar-refractivity contribution in [1.29, 1.82) is 0 Å². The Kier molecular flexibility index (Phi) is 6.11. The van der Waals surface area contributed by atoms with Gasteiger partial charge in [-0.3, -0.25) is 14.5 Å². The van der Waals surface area contributed by atoms with E-state index in [1.54, 1.807) is 53.6 Å². The first-order valence-electron chi connectivity index (χ1n) is 8.88. The fourth-order valence-electron chi connectivity index (χ4n) is 2.75. The van der Waals surface area contributed by atoms with E-state index in [0.717, 1.165) is 16.7 Å². The third-order valence-corrected chi connectivity index (χ3v) is 4.20. The van der Waals surface area contributed by atoms with E-state index in [-0.39, 0.29) is 12.3 Å². The molecule has 0 spiro atoms. The molecule has 1 N–H and O–H groups in total. The van der Waals surface area contributed by atoms with Crippen LogP contribution in [0.25, 0.3) is 17.2 Å². The number of hydrogen-bond acceptors (Lipinski definition) is 3. The normalized spacial score (nSPS) is 11.7. The van der Waals surface area contributed by atoms with Crippen LogP contribution in [-0.4, -0.2) is 26.8 Å². The summed E-state index contributed by atoms with van der Waals surface area (Å²) in [7, 11) is 1.82. The fraction of sp³-hybridized carbons (Fsp3) is 0.190. The number of nitrogens with one attached hydrogen (secondary N) is 1. The van der Waals surface area contributed by atoms with E-state index < -0.39 is 12.6 Å². The third kappa shape index (κ3) is 6.03. The lowest BCUT2D eigenvalue weighted by Crippen LogP contribution is -2.09. The van der Waals surface area contributed by atoms with Crippen LogP contribution in [0.4, 0.5) is 18.9 Å². The van der Waals surface area contributed by atoms with Gasteiger partial charge in [-0.15, -0.1) is 0 Å². The minimum Gasteiger partial charge on any atom is -0.323 e. The second kappa shape index (κ2) is 8.72. The van der Waals surface area contributed by atoms with Crippen molar-refractivity contribution >= 4 is 17.7 Å². The predicted molar refractivity (Wildman–Crippen MR) is 105 cm³/mol. The highest BCUT2D eigenvalue weighted by molar-refractivity contribution is 6.02. The summed E-state index contributed by atoms with van der Waals surface area (Å²) in [5, 5.41) is 6.84. The molecule has 29 heavy (non-hydrogen) atoms. The molecule has 5 nitrogen and oxygen atoms in total. The van der Waals surface area contributed by atoms with Crippen molar-refractivity contribution in [1.82, 2.24) is 14.8 Å². The van der Waals surface area contributed by atoms with Gasteiger partial charge in [0.25, 0.3) is 0 Å². The van der Waals surface area contributed by atoms with E-state index in [0.29, 0.717) is 11.3 Å². The summed E-state index contributed by atoms with van der Waals surface area (Å²) in [6, 6.07) is 8.17. The molecule has 1 amide bonds. The third-order valence-electron chi connectivity index (χ3n) is 4.20. The molecule has 0 bridgehead atoms. The highest BCUT2D eigenvalue weighted by Gasteiger charge is 2.26. The van der Waals surface area contributed by atoms with Gasteiger partial charge in [0.05, 0.1) is 6.20 Å². The summed E-state index contributed by atoms with van der Waals surface area (Å²) in [6.45, 7) is 0. The SMILES string of the molecule is Cn1cc(-c2ccncc2/C=C/C(=O)Nc2ccc(CCC(F)(F)F)cc2)cn1. The topological polar surface area (TPSA) is 59.8 Å². The molecule has 0 saturated heterocycles. The number of carbonyl (C=O) groups is 1. The van der Waals surface area contributed by atoms with Gasteiger partial charge < -0.3 is 5.32 Å². The Morgan fingerprint density at radius 3 is 2.59 bits per heavy atom. The molecule has 0 unspecified atom stereocenters. The van der Waals surface area contributed by atoms with Crippen LogP contribution in [0.2, 0.25) is 0 Å². The summed E-state index contributed by atoms with van der Waals surface area (Å²) < 4.78 is 38.5. The van der Waals surface area contributed by atoms with Crippen LogP contribution in [0.1, 0.15) is 17.5 Å². The van der Waals surface area contributed by atoms with E-state index in [1.165, 1.54) is 6.08 Å². The maximum atomic E-state index is 12.3. The maximum Gasteiger partial charge on any atom is 0.389 e. The lowest BCUT2D eigenvalue weighted by atomic mass is 10.0. The van der Waals surface area contributed by atoms with E-state index in [1.807, 2.05) is 19.3 Å². The second-order valence-electron chi connectivity index (χ2n) is 6.50. The number of aryl methyl sites for hydroxylation is 2. The molecular weight excluding hydrogens is 381 g/mol. The van der Waals surface area contributed by atoms with Crippen molar-refractivity contribution in [2.45, 2.75) is 19.0 Å². The van der Waals surface area contributed by atoms with E-state index >= 15 is 0 Å². The minimum absolute atomic E-state index is 0.0875. The van der Waals surface area contributed by atoms with Crippen molar-refractivity contribution in [2.24, 2.45) is 7.05 Å². The molecular formula is C21H19F3N4O. The zero-order chi connectivity index (χ0) is 20.9. The maximum absolute atomic E-state index is 12.3. The number of amides is 1. The van der Waals surface area contributed by atoms with E-state index in [9.17, 15) is 18.0 Å². The van der Waals surface area contributed by atoms with Gasteiger partial charge in [-0.1, -0.05) is 12.1 Å². The van der Waals surface area contributed by atoms with Crippen LogP contribution in [0, 0.1) is 0 Å². The van der Waals surface area contributed by atoms with Crippen LogP contribution >= 0.6 is 0 Å². The Bertz CT molecular complexity index is 1010. The molecule has 0 atom stereocenters. The molecule has 0 saturated carbocycles. The van der Waals surface area contributed by atoms with Crippen LogP contribution in [0.3, 0.4) is 0 Å². The molecule has 0 aliphatic carbocycles. The van der Waals surface area contributed by atoms with Crippen molar-refractivity contribution in [3.05, 3.63) is 72.3 Å². The Morgan fingerprint density at radius 2 is 1.93 bits per heavy atom. The van der Waals surface area contributed by atoms with Gasteiger partial charge in [-0.2, -0.15) is 18.3 Å². The van der Waals surface area contributed by atoms with Crippen molar-refractivity contribution in [2.75, 3.05) is 5.32 Å². The first-order valence-corrected chi connectivity index (χ1v) is 8.88. The quantitative estimate of drug-likeness (QED) is 0.614. The number of aromatic nitrogens is 3. The number of hydrogen-bond donors (Lipinski definition) is 1. The van der Waals surface area contributed by atoms with Crippen molar-refractivity contribution in [3.8, 4) is 11.1 Å². The first kappa shape index (κ1) is 20.3. The number of nitrogens with zero attached hydrogens (tertiary/aromatic N) is 3. The predicted octanol–water partition coefficient (Wildman–Crippen LogP) is 4.63. The average Bonchev–Trinajstić information content (AvgIpc) is 3.12. The average molecular weight is 400 g/mol. The van der Waals surface area contributed by atoms with Gasteiger partial charge in [0.2, 0.25) is 5.91 Å². The van der Waals surface area contributed by atoms with Gasteiger partial charge in [-0.05, 0) is 41.8 Å². The van der Waals surface area contributed by atoms with Crippen LogP contribution in [0.5, 0.6) is 0 Å². The molecule has 2 aromatic heterocycles. The zero-order valence-corrected chi connectivity index (χ0v) is 15.6. The number of benzene rings is 1. The van der Waals surface area contributed by atoms with Crippen LogP contribution in [0.15, 0.2) is 61.2 Å². The lowest BCUT2D eigenvalue weighted by Gasteiger charge is -2.07. The fourth-order valence-corrected chi connectivity index (χ4v) is 2.75. The number of carbonyl (C=O) groups excluding carboxylic acids is 1. The molecule has 3 rings (SSSR count). The van der Waals surface area contributed by atoms with Gasteiger partial charge in [0, 0.05) is 54.9 Å². The summed E-state index contributed by atoms with van der Waals surface area (Å²) in [5.41, 5.74) is 3.63. The van der Waals surface area contributed by atoms with Gasteiger partial charge in [-0.25, -0.2) is 0 Å². The van der Waals surface area contributed by atoms with E-state index in [2.05, 4.69) is 15.4 Å². The van der Waals surface area contributed by atoms with E-state index in [4.69, 9.17) is 0 Å². The summed E-state index contributed by atoms with van der Waals surface area (Å²) in [5.74, 6) is -0.353. The molecule has 0 aliphatic heterocycles. The van der Waals surface area contributed by atoms with Gasteiger partial charge in [0.1, 0.15) is 0 Å². The lowest BCUT2D eigenvalue weighted by molar-refractivity contribution is -0.134. The number of rotatable bonds is 6. The minimum atomic E-state index is -4.18. The Morgan fingerprint density at radius 1 is 1.17 bits per heavy atom. The largest absolute Gasteiger partial charge is 0.389 e. The summed E-state index contributed by atoms with van der Waals surface area (Å²) >= 11 is 0. The monoisotopic (exact) mass is 400 g/mol. The molecule has 2 heterocycles. The smallest absolute Gasteiger partial charge is 0.323 e. The number of alkyl halides is 3. The summed E-state index contributed by atoms with van der Waals surface area (Å²) in [6.07, 6.45) is 4.82. The Hall–Kier alpha value is -3.42. The zero-order valence-electron chi connectivity index (χ0n) is 15.6. The van der Waals surface area contributed by atoms with Gasteiger partial charge >= 0.3 is 6.18 Å². The van der Waals surface area contributed by atoms with Crippen LogP contribution < -0.4 is 5.32 Å². The van der Waals surface area contributed by atoms with Gasteiger partial charge in [0.15, 0.2) is 0 Å². The number of halogens is 3. The summed E-state index contributed by atoms with van der Waals surface area (Å²) in [4.78, 5) is 16.3. The molecule has 0 fully saturated rings. The van der Waals surface area contributed by atoms with Crippen molar-refractivity contribution in [3.63, 3.8) is 0 Å². The molecule has 0 radical (unpaired) electrons. The highest BCUT2D eigenvalue weighted by atomic mass is 19.4. The van der Waals surface area contributed by atoms with Crippen molar-refractivity contribution < 1.29 is 18.0 Å². The molecule has 3 aromatic rings. The highest BCUT2D eigenvalue weighted by Crippen LogP contribution is 2.24. The molecule has 8 heteroatoms. The molecule has 1 aromatic carbocycles. The number of pyridine rings is 1. The Balaban J connectivity index is 1.63. The number of anilines is 1. The standard InChI is InChI=1S/C21H19F3N4O/c1-28-14-17(13-26-28)19-9-11-25-12-16(19)4-7-20(29)27-18-5-2-15(3-6-18)8-10-21(22,23)24/h2-7,9,11-14H,8,10H2,1H3,(H,27,29)/b7-4+. The second-order valence-corrected chi connectivity index (χ2v) is 6.50. The molecule has 150 valence electrons. The first-order chi connectivity index (χ1) is 13.8. The molecule has 0 aliphatic rings.